The summed E-state index contributed by atoms with van der Waals surface area (Å²) in [7, 11) is 0. The fourth-order valence-electron chi connectivity index (χ4n) is 3.06. The van der Waals surface area contributed by atoms with Gasteiger partial charge in [0.15, 0.2) is 0 Å². The van der Waals surface area contributed by atoms with Gasteiger partial charge in [0, 0.05) is 35.1 Å². The number of aromatic amines is 1. The van der Waals surface area contributed by atoms with E-state index in [4.69, 9.17) is 0 Å². The van der Waals surface area contributed by atoms with Gasteiger partial charge in [0.25, 0.3) is 0 Å². The number of aryl methyl sites for hydroxylation is 2. The van der Waals surface area contributed by atoms with Crippen molar-refractivity contribution in [1.29, 1.82) is 0 Å². The van der Waals surface area contributed by atoms with E-state index >= 15 is 0 Å². The first kappa shape index (κ1) is 10.8. The zero-order chi connectivity index (χ0) is 12.2. The molecule has 0 saturated heterocycles. The normalized spacial score (nSPS) is 18.4. The second-order valence-corrected chi connectivity index (χ2v) is 5.97. The van der Waals surface area contributed by atoms with Crippen molar-refractivity contribution in [3.8, 4) is 0 Å². The molecule has 17 heavy (non-hydrogen) atoms. The maximum Gasteiger partial charge on any atom is 0.0489 e. The van der Waals surface area contributed by atoms with E-state index in [1.54, 1.807) is 0 Å². The minimum atomic E-state index is 0.201. The van der Waals surface area contributed by atoms with Crippen LogP contribution in [-0.2, 0) is 12.0 Å². The van der Waals surface area contributed by atoms with Crippen molar-refractivity contribution in [1.82, 2.24) is 10.3 Å². The Bertz CT molecular complexity index is 590. The highest BCUT2D eigenvalue weighted by Gasteiger charge is 2.30. The zero-order valence-corrected chi connectivity index (χ0v) is 11.1. The SMILES string of the molecule is Cc1cc(C)c2[nH]c3c(c2c1)CNCC3(C)C. The van der Waals surface area contributed by atoms with Crippen LogP contribution in [0.4, 0.5) is 0 Å². The molecule has 0 unspecified atom stereocenters. The molecule has 1 aliphatic rings. The first-order valence-corrected chi connectivity index (χ1v) is 6.32. The summed E-state index contributed by atoms with van der Waals surface area (Å²) in [5, 5.41) is 4.93. The van der Waals surface area contributed by atoms with Gasteiger partial charge in [0.1, 0.15) is 0 Å². The summed E-state index contributed by atoms with van der Waals surface area (Å²) in [6, 6.07) is 4.56. The van der Waals surface area contributed by atoms with E-state index in [1.807, 2.05) is 0 Å². The molecule has 0 saturated carbocycles. The lowest BCUT2D eigenvalue weighted by Crippen LogP contribution is -2.38. The number of fused-ring (bicyclic) bond motifs is 3. The van der Waals surface area contributed by atoms with Crippen molar-refractivity contribution in [2.24, 2.45) is 0 Å². The van der Waals surface area contributed by atoms with Crippen LogP contribution in [0.3, 0.4) is 0 Å². The Hall–Kier alpha value is -1.28. The van der Waals surface area contributed by atoms with Crippen LogP contribution in [0.25, 0.3) is 10.9 Å². The number of H-pyrrole nitrogens is 1. The molecule has 3 rings (SSSR count). The van der Waals surface area contributed by atoms with E-state index in [-0.39, 0.29) is 5.41 Å². The van der Waals surface area contributed by atoms with E-state index in [1.165, 1.54) is 33.3 Å². The highest BCUT2D eigenvalue weighted by Crippen LogP contribution is 2.35. The molecule has 2 heteroatoms. The first-order chi connectivity index (χ1) is 7.99. The lowest BCUT2D eigenvalue weighted by molar-refractivity contribution is 0.427. The van der Waals surface area contributed by atoms with E-state index in [0.29, 0.717) is 0 Å². The lowest BCUT2D eigenvalue weighted by Gasteiger charge is -2.30. The molecule has 0 bridgehead atoms. The molecule has 0 amide bonds. The molecular formula is C15H20N2. The molecule has 2 aromatic rings. The molecule has 1 aromatic carbocycles. The fourth-order valence-corrected chi connectivity index (χ4v) is 3.06. The summed E-state index contributed by atoms with van der Waals surface area (Å²) >= 11 is 0. The van der Waals surface area contributed by atoms with E-state index < -0.39 is 0 Å². The number of hydrogen-bond acceptors (Lipinski definition) is 1. The molecule has 1 aliphatic heterocycles. The maximum atomic E-state index is 3.66. The predicted octanol–water partition coefficient (Wildman–Crippen LogP) is 3.17. The summed E-state index contributed by atoms with van der Waals surface area (Å²) in [6.07, 6.45) is 0. The van der Waals surface area contributed by atoms with Crippen LogP contribution in [0.1, 0.15) is 36.2 Å². The Labute approximate surface area is 102 Å². The summed E-state index contributed by atoms with van der Waals surface area (Å²) in [5.41, 5.74) is 7.10. The Morgan fingerprint density at radius 2 is 1.94 bits per heavy atom. The Morgan fingerprint density at radius 3 is 2.71 bits per heavy atom. The van der Waals surface area contributed by atoms with E-state index in [2.05, 4.69) is 50.1 Å². The predicted molar refractivity (Wildman–Crippen MR) is 72.5 cm³/mol. The van der Waals surface area contributed by atoms with Gasteiger partial charge >= 0.3 is 0 Å². The monoisotopic (exact) mass is 228 g/mol. The van der Waals surface area contributed by atoms with Crippen molar-refractivity contribution >= 4 is 10.9 Å². The van der Waals surface area contributed by atoms with Crippen LogP contribution in [0.2, 0.25) is 0 Å². The molecule has 0 spiro atoms. The fraction of sp³-hybridized carbons (Fsp3) is 0.467. The number of rotatable bonds is 0. The van der Waals surface area contributed by atoms with Gasteiger partial charge in [-0.1, -0.05) is 25.5 Å². The van der Waals surface area contributed by atoms with Crippen molar-refractivity contribution in [3.05, 3.63) is 34.5 Å². The van der Waals surface area contributed by atoms with Crippen LogP contribution in [0.15, 0.2) is 12.1 Å². The van der Waals surface area contributed by atoms with Gasteiger partial charge in [0.2, 0.25) is 0 Å². The minimum Gasteiger partial charge on any atom is -0.357 e. The molecule has 0 atom stereocenters. The second-order valence-electron chi connectivity index (χ2n) is 5.97. The number of benzene rings is 1. The highest BCUT2D eigenvalue weighted by atomic mass is 14.9. The average Bonchev–Trinajstić information content (AvgIpc) is 2.58. The molecule has 0 fully saturated rings. The molecule has 0 radical (unpaired) electrons. The van der Waals surface area contributed by atoms with Crippen LogP contribution in [0.5, 0.6) is 0 Å². The summed E-state index contributed by atoms with van der Waals surface area (Å²) in [4.78, 5) is 3.66. The molecule has 2 nitrogen and oxygen atoms in total. The summed E-state index contributed by atoms with van der Waals surface area (Å²) in [6.45, 7) is 11.0. The zero-order valence-electron chi connectivity index (χ0n) is 11.1. The number of nitrogens with one attached hydrogen (secondary N) is 2. The topological polar surface area (TPSA) is 27.8 Å². The molecule has 2 N–H and O–H groups in total. The van der Waals surface area contributed by atoms with Crippen LogP contribution < -0.4 is 5.32 Å². The Balaban J connectivity index is 2.38. The number of hydrogen-bond donors (Lipinski definition) is 2. The van der Waals surface area contributed by atoms with Crippen molar-refractivity contribution in [3.63, 3.8) is 0 Å². The van der Waals surface area contributed by atoms with Gasteiger partial charge in [-0.05, 0) is 31.0 Å². The molecule has 1 aromatic heterocycles. The average molecular weight is 228 g/mol. The van der Waals surface area contributed by atoms with E-state index in [0.717, 1.165) is 13.1 Å². The van der Waals surface area contributed by atoms with Crippen molar-refractivity contribution < 1.29 is 0 Å². The minimum absolute atomic E-state index is 0.201. The molecule has 90 valence electrons. The molecule has 0 aliphatic carbocycles. The van der Waals surface area contributed by atoms with Gasteiger partial charge in [-0.25, -0.2) is 0 Å². The standard InChI is InChI=1S/C15H20N2/c1-9-5-10(2)13-11(6-9)12-7-16-8-15(3,4)14(12)17-13/h5-6,16-17H,7-8H2,1-4H3. The number of aromatic nitrogens is 1. The lowest BCUT2D eigenvalue weighted by atomic mass is 9.83. The van der Waals surface area contributed by atoms with Crippen LogP contribution >= 0.6 is 0 Å². The third kappa shape index (κ3) is 1.51. The second kappa shape index (κ2) is 3.36. The van der Waals surface area contributed by atoms with Gasteiger partial charge in [-0.15, -0.1) is 0 Å². The van der Waals surface area contributed by atoms with Crippen molar-refractivity contribution in [2.75, 3.05) is 6.54 Å². The third-order valence-corrected chi connectivity index (χ3v) is 3.90. The van der Waals surface area contributed by atoms with E-state index in [9.17, 15) is 0 Å². The van der Waals surface area contributed by atoms with Gasteiger partial charge in [-0.3, -0.25) is 0 Å². The molecular weight excluding hydrogens is 208 g/mol. The van der Waals surface area contributed by atoms with Crippen molar-refractivity contribution in [2.45, 2.75) is 39.7 Å². The Kier molecular flexibility index (Phi) is 2.14. The highest BCUT2D eigenvalue weighted by molar-refractivity contribution is 5.88. The Morgan fingerprint density at radius 1 is 1.18 bits per heavy atom. The quantitative estimate of drug-likeness (QED) is 0.712. The van der Waals surface area contributed by atoms with Gasteiger partial charge in [-0.2, -0.15) is 0 Å². The third-order valence-electron chi connectivity index (χ3n) is 3.90. The first-order valence-electron chi connectivity index (χ1n) is 6.32. The largest absolute Gasteiger partial charge is 0.357 e. The summed E-state index contributed by atoms with van der Waals surface area (Å²) < 4.78 is 0. The molecule has 2 heterocycles. The summed E-state index contributed by atoms with van der Waals surface area (Å²) in [5.74, 6) is 0. The van der Waals surface area contributed by atoms with Gasteiger partial charge < -0.3 is 10.3 Å². The maximum absolute atomic E-state index is 3.66. The smallest absolute Gasteiger partial charge is 0.0489 e. The van der Waals surface area contributed by atoms with Crippen LogP contribution in [-0.4, -0.2) is 11.5 Å². The van der Waals surface area contributed by atoms with Crippen LogP contribution in [0, 0.1) is 13.8 Å². The van der Waals surface area contributed by atoms with Gasteiger partial charge in [0.05, 0.1) is 0 Å².